The van der Waals surface area contributed by atoms with Gasteiger partial charge in [0, 0.05) is 11.8 Å². The number of carbonyl (C=O) groups excluding carboxylic acids is 1. The van der Waals surface area contributed by atoms with Crippen LogP contribution in [0.5, 0.6) is 0 Å². The van der Waals surface area contributed by atoms with Gasteiger partial charge in [0.1, 0.15) is 5.69 Å². The van der Waals surface area contributed by atoms with Crippen LogP contribution < -0.4 is 10.5 Å². The SMILES string of the molecule is CS(=O)(=O)NC(=O)c1csc(CCN)n1. The quantitative estimate of drug-likeness (QED) is 0.737. The van der Waals surface area contributed by atoms with E-state index < -0.39 is 15.9 Å². The molecule has 0 aromatic carbocycles. The lowest BCUT2D eigenvalue weighted by Crippen LogP contribution is -2.29. The molecule has 1 rings (SSSR count). The third kappa shape index (κ3) is 3.94. The number of amides is 1. The van der Waals surface area contributed by atoms with Crippen molar-refractivity contribution in [1.82, 2.24) is 9.71 Å². The third-order valence-corrected chi connectivity index (χ3v) is 2.89. The summed E-state index contributed by atoms with van der Waals surface area (Å²) in [5.74, 6) is -0.711. The zero-order valence-electron chi connectivity index (χ0n) is 8.06. The lowest BCUT2D eigenvalue weighted by molar-refractivity contribution is 0.0977. The first kappa shape index (κ1) is 12.1. The maximum absolute atomic E-state index is 11.3. The van der Waals surface area contributed by atoms with Crippen molar-refractivity contribution in [2.75, 3.05) is 12.8 Å². The summed E-state index contributed by atoms with van der Waals surface area (Å²) in [6.07, 6.45) is 1.49. The van der Waals surface area contributed by atoms with E-state index in [-0.39, 0.29) is 5.69 Å². The third-order valence-electron chi connectivity index (χ3n) is 1.42. The first-order valence-electron chi connectivity index (χ1n) is 4.09. The summed E-state index contributed by atoms with van der Waals surface area (Å²) in [4.78, 5) is 15.2. The fourth-order valence-corrected chi connectivity index (χ4v) is 2.11. The van der Waals surface area contributed by atoms with Crippen molar-refractivity contribution in [1.29, 1.82) is 0 Å². The van der Waals surface area contributed by atoms with Crippen LogP contribution in [0.4, 0.5) is 0 Å². The van der Waals surface area contributed by atoms with E-state index >= 15 is 0 Å². The molecule has 8 heteroatoms. The van der Waals surface area contributed by atoms with Crippen molar-refractivity contribution in [3.8, 4) is 0 Å². The molecule has 0 atom stereocenters. The Morgan fingerprint density at radius 3 is 2.87 bits per heavy atom. The molecule has 1 heterocycles. The van der Waals surface area contributed by atoms with Gasteiger partial charge in [0.05, 0.1) is 11.3 Å². The molecular weight excluding hydrogens is 238 g/mol. The van der Waals surface area contributed by atoms with Gasteiger partial charge in [-0.1, -0.05) is 0 Å². The van der Waals surface area contributed by atoms with Crippen LogP contribution in [0.1, 0.15) is 15.5 Å². The number of hydrogen-bond acceptors (Lipinski definition) is 6. The Morgan fingerprint density at radius 1 is 1.67 bits per heavy atom. The van der Waals surface area contributed by atoms with Crippen LogP contribution in [0, 0.1) is 0 Å². The van der Waals surface area contributed by atoms with Crippen LogP contribution in [0.15, 0.2) is 5.38 Å². The Labute approximate surface area is 91.6 Å². The number of nitrogens with one attached hydrogen (secondary N) is 1. The molecule has 0 radical (unpaired) electrons. The number of nitrogens with two attached hydrogens (primary N) is 1. The molecular formula is C7H11N3O3S2. The highest BCUT2D eigenvalue weighted by molar-refractivity contribution is 7.89. The van der Waals surface area contributed by atoms with Crippen molar-refractivity contribution in [3.05, 3.63) is 16.1 Å². The molecule has 0 unspecified atom stereocenters. The normalized spacial score (nSPS) is 11.3. The van der Waals surface area contributed by atoms with Crippen molar-refractivity contribution in [2.24, 2.45) is 5.73 Å². The highest BCUT2D eigenvalue weighted by Crippen LogP contribution is 2.09. The predicted octanol–water partition coefficient (Wildman–Crippen LogP) is -0.666. The van der Waals surface area contributed by atoms with Gasteiger partial charge >= 0.3 is 0 Å². The van der Waals surface area contributed by atoms with Gasteiger partial charge in [-0.2, -0.15) is 0 Å². The topological polar surface area (TPSA) is 102 Å². The van der Waals surface area contributed by atoms with Gasteiger partial charge < -0.3 is 5.73 Å². The summed E-state index contributed by atoms with van der Waals surface area (Å²) in [7, 11) is -3.53. The van der Waals surface area contributed by atoms with Gasteiger partial charge in [-0.25, -0.2) is 18.1 Å². The van der Waals surface area contributed by atoms with Crippen molar-refractivity contribution in [3.63, 3.8) is 0 Å². The number of aromatic nitrogens is 1. The van der Waals surface area contributed by atoms with E-state index in [0.717, 1.165) is 11.3 Å². The molecule has 6 nitrogen and oxygen atoms in total. The highest BCUT2D eigenvalue weighted by Gasteiger charge is 2.14. The largest absolute Gasteiger partial charge is 0.330 e. The minimum atomic E-state index is -3.53. The van der Waals surface area contributed by atoms with Crippen LogP contribution in [-0.2, 0) is 16.4 Å². The van der Waals surface area contributed by atoms with Crippen LogP contribution >= 0.6 is 11.3 Å². The van der Waals surface area contributed by atoms with Gasteiger partial charge in [0.25, 0.3) is 5.91 Å². The van der Waals surface area contributed by atoms with Crippen LogP contribution in [0.2, 0.25) is 0 Å². The summed E-state index contributed by atoms with van der Waals surface area (Å²) in [5, 5.41) is 2.22. The summed E-state index contributed by atoms with van der Waals surface area (Å²) in [6.45, 7) is 0.445. The minimum absolute atomic E-state index is 0.105. The monoisotopic (exact) mass is 249 g/mol. The fourth-order valence-electron chi connectivity index (χ4n) is 0.874. The fraction of sp³-hybridized carbons (Fsp3) is 0.429. The van der Waals surface area contributed by atoms with Crippen molar-refractivity contribution >= 4 is 27.3 Å². The standard InChI is InChI=1S/C7H11N3O3S2/c1-15(12,13)10-7(11)5-4-14-6(9-5)2-3-8/h4H,2-3,8H2,1H3,(H,10,11). The smallest absolute Gasteiger partial charge is 0.284 e. The molecule has 0 aliphatic carbocycles. The molecule has 15 heavy (non-hydrogen) atoms. The Morgan fingerprint density at radius 2 is 2.33 bits per heavy atom. The Hall–Kier alpha value is -0.990. The minimum Gasteiger partial charge on any atom is -0.330 e. The van der Waals surface area contributed by atoms with E-state index in [9.17, 15) is 13.2 Å². The van der Waals surface area contributed by atoms with Gasteiger partial charge in [-0.15, -0.1) is 11.3 Å². The summed E-state index contributed by atoms with van der Waals surface area (Å²) in [5.41, 5.74) is 5.42. The van der Waals surface area contributed by atoms with Crippen LogP contribution in [-0.4, -0.2) is 32.1 Å². The first-order chi connectivity index (χ1) is 6.92. The molecule has 0 saturated heterocycles. The van der Waals surface area contributed by atoms with Gasteiger partial charge in [0.2, 0.25) is 10.0 Å². The molecule has 0 aliphatic heterocycles. The molecule has 84 valence electrons. The molecule has 1 aromatic rings. The van der Waals surface area contributed by atoms with E-state index in [1.54, 1.807) is 0 Å². The Bertz CT molecular complexity index is 452. The van der Waals surface area contributed by atoms with E-state index in [1.165, 1.54) is 16.7 Å². The van der Waals surface area contributed by atoms with E-state index in [2.05, 4.69) is 4.98 Å². The predicted molar refractivity (Wildman–Crippen MR) is 57.2 cm³/mol. The van der Waals surface area contributed by atoms with E-state index in [0.29, 0.717) is 13.0 Å². The second-order valence-corrected chi connectivity index (χ2v) is 5.56. The van der Waals surface area contributed by atoms with Gasteiger partial charge in [0.15, 0.2) is 0 Å². The average molecular weight is 249 g/mol. The Kier molecular flexibility index (Phi) is 3.77. The van der Waals surface area contributed by atoms with Gasteiger partial charge in [-0.05, 0) is 6.54 Å². The summed E-state index contributed by atoms with van der Waals surface area (Å²) < 4.78 is 23.4. The number of sulfonamides is 1. The summed E-state index contributed by atoms with van der Waals surface area (Å²) >= 11 is 1.28. The number of rotatable bonds is 4. The highest BCUT2D eigenvalue weighted by atomic mass is 32.2. The van der Waals surface area contributed by atoms with Crippen LogP contribution in [0.3, 0.4) is 0 Å². The number of hydrogen-bond donors (Lipinski definition) is 2. The number of carbonyl (C=O) groups is 1. The molecule has 0 bridgehead atoms. The van der Waals surface area contributed by atoms with E-state index in [1.807, 2.05) is 4.72 Å². The molecule has 0 spiro atoms. The van der Waals surface area contributed by atoms with Crippen molar-refractivity contribution < 1.29 is 13.2 Å². The van der Waals surface area contributed by atoms with Crippen LogP contribution in [0.25, 0.3) is 0 Å². The lowest BCUT2D eigenvalue weighted by Gasteiger charge is -1.98. The molecule has 3 N–H and O–H groups in total. The maximum Gasteiger partial charge on any atom is 0.284 e. The zero-order valence-corrected chi connectivity index (χ0v) is 9.69. The van der Waals surface area contributed by atoms with Gasteiger partial charge in [-0.3, -0.25) is 4.79 Å². The Balaban J connectivity index is 2.74. The van der Waals surface area contributed by atoms with Crippen molar-refractivity contribution in [2.45, 2.75) is 6.42 Å². The average Bonchev–Trinajstić information content (AvgIpc) is 2.50. The zero-order chi connectivity index (χ0) is 11.5. The first-order valence-corrected chi connectivity index (χ1v) is 6.86. The molecule has 1 aromatic heterocycles. The van der Waals surface area contributed by atoms with E-state index in [4.69, 9.17) is 5.73 Å². The second-order valence-electron chi connectivity index (χ2n) is 2.87. The number of nitrogens with zero attached hydrogens (tertiary/aromatic N) is 1. The molecule has 0 saturated carbocycles. The number of thiazole rings is 1. The second kappa shape index (κ2) is 4.69. The lowest BCUT2D eigenvalue weighted by atomic mass is 10.4. The molecule has 0 fully saturated rings. The molecule has 1 amide bonds. The summed E-state index contributed by atoms with van der Waals surface area (Å²) in [6, 6.07) is 0. The maximum atomic E-state index is 11.3. The molecule has 0 aliphatic rings.